The molecule has 2 aromatic rings. The lowest BCUT2D eigenvalue weighted by Crippen LogP contribution is -2.12. The number of carbonyl (C=O) groups excluding carboxylic acids is 1. The normalized spacial score (nSPS) is 21.1. The number of hydrogen-bond acceptors (Lipinski definition) is 3. The summed E-state index contributed by atoms with van der Waals surface area (Å²) in [5, 5.41) is 5.11. The largest absolute Gasteiger partial charge is 0.299 e. The summed E-state index contributed by atoms with van der Waals surface area (Å²) in [4.78, 5) is 12.8. The molecule has 0 heterocycles. The summed E-state index contributed by atoms with van der Waals surface area (Å²) in [5.74, 6) is -2.28. The van der Waals surface area contributed by atoms with Crippen molar-refractivity contribution in [2.24, 2.45) is 16.5 Å². The summed E-state index contributed by atoms with van der Waals surface area (Å²) in [5.41, 5.74) is 1.57. The molecule has 1 saturated carbocycles. The third kappa shape index (κ3) is 3.66. The Labute approximate surface area is 157 Å². The van der Waals surface area contributed by atoms with Crippen molar-refractivity contribution in [3.63, 3.8) is 0 Å². The fraction of sp³-hybridized carbons (Fsp3) is 0.350. The molecule has 0 unspecified atom stereocenters. The lowest BCUT2D eigenvalue weighted by molar-refractivity contribution is -0.120. The van der Waals surface area contributed by atoms with Crippen LogP contribution in [0, 0.1) is 29.9 Å². The molecule has 2 N–H and O–H groups in total. The van der Waals surface area contributed by atoms with E-state index in [4.69, 9.17) is 5.14 Å². The molecule has 1 aliphatic carbocycles. The molecular formula is C20H21F2NO3S. The van der Waals surface area contributed by atoms with Crippen LogP contribution in [-0.4, -0.2) is 14.2 Å². The quantitative estimate of drug-likeness (QED) is 0.845. The summed E-state index contributed by atoms with van der Waals surface area (Å²) in [6.45, 7) is 5.57. The Hall–Kier alpha value is -2.12. The third-order valence-electron chi connectivity index (χ3n) is 5.49. The number of halogens is 2. The standard InChI is InChI=1S/C20H21F2NO3S/c1-11-8-15(21)16(22)9-13(11)10-17(24)19-18(20(19,2)3)12-4-6-14(7-5-12)27(23,25)26/h4-9,18-19H,10H2,1-3H3,(H2,23,25,26)/t18-,19-/m1/s1. The van der Waals surface area contributed by atoms with Crippen molar-refractivity contribution >= 4 is 15.8 Å². The summed E-state index contributed by atoms with van der Waals surface area (Å²) in [6, 6.07) is 8.37. The molecule has 0 aliphatic heterocycles. The zero-order valence-corrected chi connectivity index (χ0v) is 16.1. The fourth-order valence-electron chi connectivity index (χ4n) is 3.90. The van der Waals surface area contributed by atoms with Crippen molar-refractivity contribution in [3.8, 4) is 0 Å². The number of primary sulfonamides is 1. The first-order valence-electron chi connectivity index (χ1n) is 8.53. The zero-order valence-electron chi connectivity index (χ0n) is 15.3. The molecule has 1 fully saturated rings. The van der Waals surface area contributed by atoms with Crippen LogP contribution in [-0.2, 0) is 21.2 Å². The lowest BCUT2D eigenvalue weighted by Gasteiger charge is -2.07. The lowest BCUT2D eigenvalue weighted by atomic mass is 9.98. The molecule has 3 rings (SSSR count). The SMILES string of the molecule is Cc1cc(F)c(F)cc1CC(=O)[C@@H]1[C@@H](c2ccc(S(N)(=O)=O)cc2)C1(C)C. The Kier molecular flexibility index (Phi) is 4.72. The van der Waals surface area contributed by atoms with Gasteiger partial charge in [0.05, 0.1) is 4.90 Å². The van der Waals surface area contributed by atoms with Gasteiger partial charge in [0.25, 0.3) is 0 Å². The van der Waals surface area contributed by atoms with Crippen molar-refractivity contribution in [1.82, 2.24) is 0 Å². The minimum Gasteiger partial charge on any atom is -0.299 e. The van der Waals surface area contributed by atoms with Crippen LogP contribution in [0.2, 0.25) is 0 Å². The van der Waals surface area contributed by atoms with Crippen LogP contribution in [0.5, 0.6) is 0 Å². The first kappa shape index (κ1) is 19.6. The van der Waals surface area contributed by atoms with E-state index < -0.39 is 21.7 Å². The van der Waals surface area contributed by atoms with Crippen molar-refractivity contribution < 1.29 is 22.0 Å². The fourth-order valence-corrected chi connectivity index (χ4v) is 4.42. The Balaban J connectivity index is 1.81. The van der Waals surface area contributed by atoms with Gasteiger partial charge in [0, 0.05) is 12.3 Å². The number of sulfonamides is 1. The van der Waals surface area contributed by atoms with Gasteiger partial charge in [-0.15, -0.1) is 0 Å². The molecule has 0 bridgehead atoms. The number of Topliss-reactive ketones (excluding diaryl/α,β-unsaturated/α-hetero) is 1. The van der Waals surface area contributed by atoms with E-state index in [1.54, 1.807) is 19.1 Å². The predicted molar refractivity (Wildman–Crippen MR) is 97.6 cm³/mol. The average Bonchev–Trinajstić information content (AvgIpc) is 3.14. The first-order chi connectivity index (χ1) is 12.4. The van der Waals surface area contributed by atoms with E-state index in [1.165, 1.54) is 12.1 Å². The third-order valence-corrected chi connectivity index (χ3v) is 6.41. The Bertz CT molecular complexity index is 1010. The highest BCUT2D eigenvalue weighted by Gasteiger charge is 2.61. The van der Waals surface area contributed by atoms with Gasteiger partial charge in [-0.05, 0) is 59.2 Å². The van der Waals surface area contributed by atoms with Gasteiger partial charge in [-0.1, -0.05) is 26.0 Å². The minimum absolute atomic E-state index is 0.0185. The molecule has 0 saturated heterocycles. The molecule has 0 amide bonds. The summed E-state index contributed by atoms with van der Waals surface area (Å²) >= 11 is 0. The molecule has 0 spiro atoms. The number of ketones is 1. The Morgan fingerprint density at radius 2 is 1.67 bits per heavy atom. The topological polar surface area (TPSA) is 77.2 Å². The van der Waals surface area contributed by atoms with Crippen LogP contribution in [0.25, 0.3) is 0 Å². The van der Waals surface area contributed by atoms with E-state index in [9.17, 15) is 22.0 Å². The summed E-state index contributed by atoms with van der Waals surface area (Å²) < 4.78 is 49.6. The molecule has 7 heteroatoms. The second kappa shape index (κ2) is 6.49. The molecule has 27 heavy (non-hydrogen) atoms. The van der Waals surface area contributed by atoms with E-state index in [1.807, 2.05) is 13.8 Å². The molecule has 144 valence electrons. The Morgan fingerprint density at radius 1 is 1.11 bits per heavy atom. The van der Waals surface area contributed by atoms with Gasteiger partial charge in [0.1, 0.15) is 5.78 Å². The van der Waals surface area contributed by atoms with Gasteiger partial charge in [-0.25, -0.2) is 22.3 Å². The summed E-state index contributed by atoms with van der Waals surface area (Å²) in [6.07, 6.45) is 0.0306. The maximum Gasteiger partial charge on any atom is 0.238 e. The first-order valence-corrected chi connectivity index (χ1v) is 10.1. The van der Waals surface area contributed by atoms with Gasteiger partial charge in [-0.2, -0.15) is 0 Å². The van der Waals surface area contributed by atoms with Crippen molar-refractivity contribution in [2.45, 2.75) is 38.0 Å². The zero-order chi connectivity index (χ0) is 20.1. The highest BCUT2D eigenvalue weighted by Crippen LogP contribution is 2.65. The molecule has 2 atom stereocenters. The molecule has 4 nitrogen and oxygen atoms in total. The molecule has 0 radical (unpaired) electrons. The van der Waals surface area contributed by atoms with Crippen LogP contribution in [0.4, 0.5) is 8.78 Å². The summed E-state index contributed by atoms with van der Waals surface area (Å²) in [7, 11) is -3.77. The highest BCUT2D eigenvalue weighted by molar-refractivity contribution is 7.89. The van der Waals surface area contributed by atoms with E-state index in [-0.39, 0.29) is 34.4 Å². The van der Waals surface area contributed by atoms with Crippen LogP contribution >= 0.6 is 0 Å². The van der Waals surface area contributed by atoms with Gasteiger partial charge in [0.15, 0.2) is 11.6 Å². The monoisotopic (exact) mass is 393 g/mol. The van der Waals surface area contributed by atoms with Gasteiger partial charge in [0.2, 0.25) is 10.0 Å². The predicted octanol–water partition coefficient (Wildman–Crippen LogP) is 3.47. The van der Waals surface area contributed by atoms with Crippen LogP contribution in [0.3, 0.4) is 0 Å². The molecule has 2 aromatic carbocycles. The highest BCUT2D eigenvalue weighted by atomic mass is 32.2. The average molecular weight is 393 g/mol. The van der Waals surface area contributed by atoms with Crippen LogP contribution in [0.1, 0.15) is 36.5 Å². The van der Waals surface area contributed by atoms with Crippen LogP contribution in [0.15, 0.2) is 41.3 Å². The van der Waals surface area contributed by atoms with E-state index in [2.05, 4.69) is 0 Å². The smallest absolute Gasteiger partial charge is 0.238 e. The minimum atomic E-state index is -3.77. The van der Waals surface area contributed by atoms with E-state index in [0.717, 1.165) is 17.7 Å². The second-order valence-electron chi connectivity index (χ2n) is 7.73. The van der Waals surface area contributed by atoms with Crippen molar-refractivity contribution in [1.29, 1.82) is 0 Å². The molecule has 0 aromatic heterocycles. The number of nitrogens with two attached hydrogens (primary N) is 1. The maximum absolute atomic E-state index is 13.5. The van der Waals surface area contributed by atoms with E-state index in [0.29, 0.717) is 11.1 Å². The van der Waals surface area contributed by atoms with Crippen molar-refractivity contribution in [2.75, 3.05) is 0 Å². The number of benzene rings is 2. The van der Waals surface area contributed by atoms with Gasteiger partial charge >= 0.3 is 0 Å². The van der Waals surface area contributed by atoms with Crippen LogP contribution < -0.4 is 5.14 Å². The van der Waals surface area contributed by atoms with Gasteiger partial charge < -0.3 is 0 Å². The van der Waals surface area contributed by atoms with Gasteiger partial charge in [-0.3, -0.25) is 4.79 Å². The molecular weight excluding hydrogens is 372 g/mol. The van der Waals surface area contributed by atoms with Crippen molar-refractivity contribution in [3.05, 3.63) is 64.7 Å². The molecule has 1 aliphatic rings. The second-order valence-corrected chi connectivity index (χ2v) is 9.29. The Morgan fingerprint density at radius 3 is 2.22 bits per heavy atom. The number of aryl methyl sites for hydroxylation is 1. The maximum atomic E-state index is 13.5. The number of hydrogen-bond donors (Lipinski definition) is 1. The number of rotatable bonds is 5. The van der Waals surface area contributed by atoms with E-state index >= 15 is 0 Å². The number of carbonyl (C=O) groups is 1.